The fourth-order valence-electron chi connectivity index (χ4n) is 7.87. The van der Waals surface area contributed by atoms with Gasteiger partial charge in [0.2, 0.25) is 0 Å². The van der Waals surface area contributed by atoms with E-state index in [0.29, 0.717) is 19.3 Å². The molecular weight excluding hydrogens is 757 g/mol. The highest BCUT2D eigenvalue weighted by atomic mass is 16.6. The molecule has 0 aliphatic carbocycles. The molecule has 6 heteroatoms. The lowest BCUT2D eigenvalue weighted by molar-refractivity contribution is -0.167. The molecule has 0 bridgehead atoms. The summed E-state index contributed by atoms with van der Waals surface area (Å²) in [4.78, 5) is 38.0. The minimum absolute atomic E-state index is 0.0719. The zero-order chi connectivity index (χ0) is 44.4. The molecule has 0 aliphatic rings. The first-order valence-corrected chi connectivity index (χ1v) is 26.8. The Bertz CT molecular complexity index is 989. The van der Waals surface area contributed by atoms with E-state index < -0.39 is 6.10 Å². The summed E-state index contributed by atoms with van der Waals surface area (Å²) < 4.78 is 16.8. The highest BCUT2D eigenvalue weighted by molar-refractivity contribution is 5.71. The van der Waals surface area contributed by atoms with Gasteiger partial charge in [0.25, 0.3) is 0 Å². The SMILES string of the molecule is CCCC/C=C\C/C=C\CCCCCCCC(=O)OC(COC(=O)CCCCCCCCCCCCCCC)COC(=O)CCCCCCCCCCCCCCCCCC. The second-order valence-electron chi connectivity index (χ2n) is 18.2. The lowest BCUT2D eigenvalue weighted by Crippen LogP contribution is -2.30. The largest absolute Gasteiger partial charge is 0.462 e. The maximum absolute atomic E-state index is 12.8. The van der Waals surface area contributed by atoms with Gasteiger partial charge in [-0.15, -0.1) is 0 Å². The van der Waals surface area contributed by atoms with Crippen LogP contribution in [0.25, 0.3) is 0 Å². The summed E-state index contributed by atoms with van der Waals surface area (Å²) >= 11 is 0. The average molecular weight is 859 g/mol. The summed E-state index contributed by atoms with van der Waals surface area (Å²) in [7, 11) is 0. The van der Waals surface area contributed by atoms with Crippen LogP contribution in [-0.2, 0) is 28.6 Å². The fraction of sp³-hybridized carbons (Fsp3) is 0.873. The standard InChI is InChI=1S/C55H102O6/c1-4-7-10-13-16-19-22-25-27-28-31-33-36-39-42-45-48-54(57)60-51-52(50-59-53(56)47-44-41-38-35-32-29-24-21-18-15-12-9-6-3)61-55(58)49-46-43-40-37-34-30-26-23-20-17-14-11-8-5-2/h14,17,23,26,52H,4-13,15-16,18-22,24-25,27-51H2,1-3H3/b17-14-,26-23-. The Morgan fingerprint density at radius 2 is 0.607 bits per heavy atom. The Morgan fingerprint density at radius 1 is 0.328 bits per heavy atom. The molecule has 0 rings (SSSR count). The molecule has 1 unspecified atom stereocenters. The molecule has 0 aromatic heterocycles. The molecule has 1 atom stereocenters. The molecule has 6 nitrogen and oxygen atoms in total. The second kappa shape index (κ2) is 50.5. The summed E-state index contributed by atoms with van der Waals surface area (Å²) in [5.41, 5.74) is 0. The van der Waals surface area contributed by atoms with Crippen molar-refractivity contribution in [3.8, 4) is 0 Å². The van der Waals surface area contributed by atoms with Crippen molar-refractivity contribution in [3.63, 3.8) is 0 Å². The maximum atomic E-state index is 12.8. The van der Waals surface area contributed by atoms with Gasteiger partial charge >= 0.3 is 17.9 Å². The summed E-state index contributed by atoms with van der Waals surface area (Å²) in [5.74, 6) is -0.869. The van der Waals surface area contributed by atoms with Gasteiger partial charge in [0, 0.05) is 19.3 Å². The number of carbonyl (C=O) groups excluding carboxylic acids is 3. The van der Waals surface area contributed by atoms with E-state index in [1.54, 1.807) is 0 Å². The molecule has 0 spiro atoms. The Hall–Kier alpha value is -2.11. The molecule has 0 saturated carbocycles. The van der Waals surface area contributed by atoms with Crippen LogP contribution in [-0.4, -0.2) is 37.2 Å². The number of hydrogen-bond donors (Lipinski definition) is 0. The van der Waals surface area contributed by atoms with E-state index in [0.717, 1.165) is 83.5 Å². The van der Waals surface area contributed by atoms with Crippen LogP contribution in [0.5, 0.6) is 0 Å². The molecule has 0 aliphatic heterocycles. The predicted octanol–water partition coefficient (Wildman–Crippen LogP) is 17.5. The number of rotatable bonds is 49. The van der Waals surface area contributed by atoms with Gasteiger partial charge in [-0.05, 0) is 44.9 Å². The van der Waals surface area contributed by atoms with E-state index in [4.69, 9.17) is 14.2 Å². The maximum Gasteiger partial charge on any atom is 0.306 e. The third-order valence-electron chi connectivity index (χ3n) is 12.0. The summed E-state index contributed by atoms with van der Waals surface area (Å²) in [5, 5.41) is 0. The normalized spacial score (nSPS) is 12.1. The van der Waals surface area contributed by atoms with Crippen LogP contribution >= 0.6 is 0 Å². The van der Waals surface area contributed by atoms with Crippen LogP contribution in [0.1, 0.15) is 290 Å². The van der Waals surface area contributed by atoms with Crippen molar-refractivity contribution < 1.29 is 28.6 Å². The summed E-state index contributed by atoms with van der Waals surface area (Å²) in [6.07, 6.45) is 57.3. The molecule has 0 amide bonds. The van der Waals surface area contributed by atoms with Crippen LogP contribution in [0.3, 0.4) is 0 Å². The molecule has 0 radical (unpaired) electrons. The van der Waals surface area contributed by atoms with Crippen molar-refractivity contribution in [1.82, 2.24) is 0 Å². The van der Waals surface area contributed by atoms with Gasteiger partial charge in [0.15, 0.2) is 6.10 Å². The van der Waals surface area contributed by atoms with Gasteiger partial charge in [-0.2, -0.15) is 0 Å². The first-order chi connectivity index (χ1) is 30.0. The zero-order valence-electron chi connectivity index (χ0n) is 40.9. The molecule has 0 heterocycles. The fourth-order valence-corrected chi connectivity index (χ4v) is 7.87. The van der Waals surface area contributed by atoms with Crippen LogP contribution in [0, 0.1) is 0 Å². The molecule has 0 saturated heterocycles. The predicted molar refractivity (Wildman–Crippen MR) is 261 cm³/mol. The first kappa shape index (κ1) is 58.9. The smallest absolute Gasteiger partial charge is 0.306 e. The van der Waals surface area contributed by atoms with E-state index in [2.05, 4.69) is 45.1 Å². The average Bonchev–Trinajstić information content (AvgIpc) is 3.26. The van der Waals surface area contributed by atoms with Crippen molar-refractivity contribution in [1.29, 1.82) is 0 Å². The lowest BCUT2D eigenvalue weighted by atomic mass is 10.0. The van der Waals surface area contributed by atoms with Crippen LogP contribution in [0.4, 0.5) is 0 Å². The molecule has 0 N–H and O–H groups in total. The van der Waals surface area contributed by atoms with Gasteiger partial charge < -0.3 is 14.2 Å². The quantitative estimate of drug-likeness (QED) is 0.0262. The Labute approximate surface area is 379 Å². The summed E-state index contributed by atoms with van der Waals surface area (Å²) in [6.45, 7) is 6.62. The topological polar surface area (TPSA) is 78.9 Å². The Kier molecular flexibility index (Phi) is 48.8. The molecule has 0 fully saturated rings. The van der Waals surface area contributed by atoms with Gasteiger partial charge in [-0.25, -0.2) is 0 Å². The second-order valence-corrected chi connectivity index (χ2v) is 18.2. The number of ether oxygens (including phenoxy) is 3. The summed E-state index contributed by atoms with van der Waals surface area (Å²) in [6, 6.07) is 0. The molecule has 0 aromatic carbocycles. The highest BCUT2D eigenvalue weighted by Crippen LogP contribution is 2.16. The van der Waals surface area contributed by atoms with Gasteiger partial charge in [-0.3, -0.25) is 14.4 Å². The number of esters is 3. The van der Waals surface area contributed by atoms with Crippen LogP contribution in [0.2, 0.25) is 0 Å². The van der Waals surface area contributed by atoms with Gasteiger partial charge in [0.1, 0.15) is 13.2 Å². The third kappa shape index (κ3) is 48.8. The monoisotopic (exact) mass is 859 g/mol. The first-order valence-electron chi connectivity index (χ1n) is 26.8. The lowest BCUT2D eigenvalue weighted by Gasteiger charge is -2.18. The molecule has 358 valence electrons. The van der Waals surface area contributed by atoms with Crippen LogP contribution in [0.15, 0.2) is 24.3 Å². The number of carbonyl (C=O) groups is 3. The molecular formula is C55H102O6. The van der Waals surface area contributed by atoms with Crippen molar-refractivity contribution in [2.24, 2.45) is 0 Å². The van der Waals surface area contributed by atoms with Gasteiger partial charge in [-0.1, -0.05) is 251 Å². The highest BCUT2D eigenvalue weighted by Gasteiger charge is 2.19. The minimum atomic E-state index is -0.772. The van der Waals surface area contributed by atoms with Crippen molar-refractivity contribution in [2.45, 2.75) is 297 Å². The Balaban J connectivity index is 4.34. The molecule has 61 heavy (non-hydrogen) atoms. The van der Waals surface area contributed by atoms with Gasteiger partial charge in [0.05, 0.1) is 0 Å². The molecule has 0 aromatic rings. The number of allylic oxidation sites excluding steroid dienone is 4. The van der Waals surface area contributed by atoms with E-state index in [1.807, 2.05) is 0 Å². The van der Waals surface area contributed by atoms with Crippen molar-refractivity contribution in [3.05, 3.63) is 24.3 Å². The van der Waals surface area contributed by atoms with E-state index >= 15 is 0 Å². The van der Waals surface area contributed by atoms with E-state index in [-0.39, 0.29) is 31.1 Å². The minimum Gasteiger partial charge on any atom is -0.462 e. The van der Waals surface area contributed by atoms with Crippen LogP contribution < -0.4 is 0 Å². The zero-order valence-corrected chi connectivity index (χ0v) is 40.9. The van der Waals surface area contributed by atoms with E-state index in [1.165, 1.54) is 167 Å². The Morgan fingerprint density at radius 3 is 0.951 bits per heavy atom. The number of unbranched alkanes of at least 4 members (excludes halogenated alkanes) is 34. The number of hydrogen-bond acceptors (Lipinski definition) is 6. The third-order valence-corrected chi connectivity index (χ3v) is 12.0. The van der Waals surface area contributed by atoms with Crippen molar-refractivity contribution in [2.75, 3.05) is 13.2 Å². The van der Waals surface area contributed by atoms with E-state index in [9.17, 15) is 14.4 Å². The van der Waals surface area contributed by atoms with Crippen molar-refractivity contribution >= 4 is 17.9 Å².